The van der Waals surface area contributed by atoms with Crippen LogP contribution in [0.1, 0.15) is 78.1 Å². The summed E-state index contributed by atoms with van der Waals surface area (Å²) in [4.78, 5) is 11.9. The van der Waals surface area contributed by atoms with Crippen LogP contribution in [-0.2, 0) is 14.3 Å². The third-order valence-corrected chi connectivity index (χ3v) is 4.04. The predicted octanol–water partition coefficient (Wildman–Crippen LogP) is 5.25. The van der Waals surface area contributed by atoms with E-state index in [4.69, 9.17) is 9.47 Å². The van der Waals surface area contributed by atoms with Crippen molar-refractivity contribution in [1.29, 1.82) is 0 Å². The molecule has 3 nitrogen and oxygen atoms in total. The van der Waals surface area contributed by atoms with Crippen LogP contribution in [0.3, 0.4) is 0 Å². The van der Waals surface area contributed by atoms with Crippen molar-refractivity contribution in [2.24, 2.45) is 0 Å². The Morgan fingerprint density at radius 1 is 0.957 bits per heavy atom. The van der Waals surface area contributed by atoms with Crippen LogP contribution >= 0.6 is 15.9 Å². The Hall–Kier alpha value is -0.530. The second kappa shape index (κ2) is 17.8. The Bertz CT molecular complexity index is 333. The lowest BCUT2D eigenvalue weighted by molar-refractivity contribution is -0.157. The van der Waals surface area contributed by atoms with E-state index in [1.807, 2.05) is 6.92 Å². The number of hydrogen-bond acceptors (Lipinski definition) is 3. The summed E-state index contributed by atoms with van der Waals surface area (Å²) in [6.07, 6.45) is 9.86. The quantitative estimate of drug-likeness (QED) is 0.176. The summed E-state index contributed by atoms with van der Waals surface area (Å²) in [5.74, 6) is 5.98. The van der Waals surface area contributed by atoms with Gasteiger partial charge in [-0.2, -0.15) is 0 Å². The minimum Gasteiger partial charge on any atom is -0.464 e. The Balaban J connectivity index is 3.66. The van der Waals surface area contributed by atoms with E-state index in [9.17, 15) is 4.79 Å². The van der Waals surface area contributed by atoms with Crippen molar-refractivity contribution in [3.63, 3.8) is 0 Å². The molecule has 1 atom stereocenters. The largest absolute Gasteiger partial charge is 0.464 e. The van der Waals surface area contributed by atoms with Gasteiger partial charge < -0.3 is 9.47 Å². The minimum atomic E-state index is -0.444. The summed E-state index contributed by atoms with van der Waals surface area (Å²) < 4.78 is 10.9. The molecule has 0 radical (unpaired) electrons. The third-order valence-electron chi connectivity index (χ3n) is 3.48. The molecule has 1 unspecified atom stereocenters. The van der Waals surface area contributed by atoms with Crippen molar-refractivity contribution in [2.45, 2.75) is 84.2 Å². The summed E-state index contributed by atoms with van der Waals surface area (Å²) in [6.45, 7) is 5.10. The summed E-state index contributed by atoms with van der Waals surface area (Å²) >= 11 is 3.42. The van der Waals surface area contributed by atoms with Crippen LogP contribution in [0.25, 0.3) is 0 Å². The number of carbonyl (C=O) groups is 1. The van der Waals surface area contributed by atoms with E-state index in [1.165, 1.54) is 25.7 Å². The van der Waals surface area contributed by atoms with E-state index < -0.39 is 6.10 Å². The molecule has 0 rings (SSSR count). The second-order valence-corrected chi connectivity index (χ2v) is 6.39. The lowest BCUT2D eigenvalue weighted by Gasteiger charge is -2.14. The first-order valence-corrected chi connectivity index (χ1v) is 10.2. The summed E-state index contributed by atoms with van der Waals surface area (Å²) in [6, 6.07) is 0. The maximum absolute atomic E-state index is 11.9. The Morgan fingerprint density at radius 2 is 1.65 bits per heavy atom. The SMILES string of the molecule is CCCCC#CCCOC(CC)C(=O)OCCCCCCCBr. The van der Waals surface area contributed by atoms with Crippen molar-refractivity contribution >= 4 is 21.9 Å². The molecule has 0 spiro atoms. The fourth-order valence-electron chi connectivity index (χ4n) is 2.04. The van der Waals surface area contributed by atoms with Crippen molar-refractivity contribution in [2.75, 3.05) is 18.5 Å². The van der Waals surface area contributed by atoms with Gasteiger partial charge >= 0.3 is 5.97 Å². The topological polar surface area (TPSA) is 35.5 Å². The van der Waals surface area contributed by atoms with E-state index in [2.05, 4.69) is 34.7 Å². The molecule has 0 aliphatic heterocycles. The first kappa shape index (κ1) is 22.5. The molecule has 0 aliphatic rings. The highest BCUT2D eigenvalue weighted by Gasteiger charge is 2.17. The maximum Gasteiger partial charge on any atom is 0.335 e. The highest BCUT2D eigenvalue weighted by atomic mass is 79.9. The predicted molar refractivity (Wildman–Crippen MR) is 99.8 cm³/mol. The highest BCUT2D eigenvalue weighted by Crippen LogP contribution is 2.06. The second-order valence-electron chi connectivity index (χ2n) is 5.60. The highest BCUT2D eigenvalue weighted by molar-refractivity contribution is 9.09. The number of alkyl halides is 1. The van der Waals surface area contributed by atoms with Gasteiger partial charge in [0.1, 0.15) is 0 Å². The molecule has 4 heteroatoms. The molecule has 0 aromatic carbocycles. The van der Waals surface area contributed by atoms with Gasteiger partial charge in [-0.05, 0) is 25.7 Å². The standard InChI is InChI=1S/C19H33BrO3/c1-3-5-6-7-10-13-16-22-18(4-2)19(21)23-17-14-11-8-9-12-15-20/h18H,3-6,8-9,11-17H2,1-2H3. The van der Waals surface area contributed by atoms with Crippen LogP contribution < -0.4 is 0 Å². The zero-order valence-electron chi connectivity index (χ0n) is 14.9. The molecule has 0 heterocycles. The zero-order valence-corrected chi connectivity index (χ0v) is 16.5. The first-order chi connectivity index (χ1) is 11.3. The normalized spacial score (nSPS) is 11.6. The van der Waals surface area contributed by atoms with Crippen LogP contribution in [-0.4, -0.2) is 30.6 Å². The number of rotatable bonds is 14. The van der Waals surface area contributed by atoms with Crippen molar-refractivity contribution in [1.82, 2.24) is 0 Å². The maximum atomic E-state index is 11.9. The van der Waals surface area contributed by atoms with Crippen LogP contribution in [0.2, 0.25) is 0 Å². The zero-order chi connectivity index (χ0) is 17.2. The molecule has 0 aliphatic carbocycles. The van der Waals surface area contributed by atoms with Gasteiger partial charge in [0.25, 0.3) is 0 Å². The number of unbranched alkanes of at least 4 members (excludes halogenated alkanes) is 6. The number of hydrogen-bond donors (Lipinski definition) is 0. The first-order valence-electron chi connectivity index (χ1n) is 9.06. The molecule has 23 heavy (non-hydrogen) atoms. The number of halogens is 1. The van der Waals surface area contributed by atoms with Crippen LogP contribution in [0.5, 0.6) is 0 Å². The minimum absolute atomic E-state index is 0.230. The number of carbonyl (C=O) groups excluding carboxylic acids is 1. The molecule has 0 N–H and O–H groups in total. The van der Waals surface area contributed by atoms with Gasteiger partial charge in [-0.1, -0.05) is 55.5 Å². The summed E-state index contributed by atoms with van der Waals surface area (Å²) in [7, 11) is 0. The molecule has 134 valence electrons. The lowest BCUT2D eigenvalue weighted by atomic mass is 10.2. The fraction of sp³-hybridized carbons (Fsp3) is 0.842. The van der Waals surface area contributed by atoms with Gasteiger partial charge in [0.05, 0.1) is 13.2 Å². The molecular weight excluding hydrogens is 356 g/mol. The Kier molecular flexibility index (Phi) is 17.4. The molecule has 0 saturated heterocycles. The van der Waals surface area contributed by atoms with Crippen LogP contribution in [0, 0.1) is 11.8 Å². The molecular formula is C19H33BrO3. The lowest BCUT2D eigenvalue weighted by Crippen LogP contribution is -2.26. The average Bonchev–Trinajstić information content (AvgIpc) is 2.56. The van der Waals surface area contributed by atoms with E-state index >= 15 is 0 Å². The van der Waals surface area contributed by atoms with Gasteiger partial charge in [-0.15, -0.1) is 11.8 Å². The molecule has 0 fully saturated rings. The monoisotopic (exact) mass is 388 g/mol. The van der Waals surface area contributed by atoms with Crippen molar-refractivity contribution in [3.05, 3.63) is 0 Å². The fourth-order valence-corrected chi connectivity index (χ4v) is 2.44. The molecule has 0 aromatic rings. The smallest absolute Gasteiger partial charge is 0.335 e. The number of ether oxygens (including phenoxy) is 2. The van der Waals surface area contributed by atoms with E-state index in [-0.39, 0.29) is 5.97 Å². The summed E-state index contributed by atoms with van der Waals surface area (Å²) in [5, 5.41) is 1.07. The van der Waals surface area contributed by atoms with Crippen molar-refractivity contribution < 1.29 is 14.3 Å². The average molecular weight is 389 g/mol. The molecule has 0 bridgehead atoms. The van der Waals surface area contributed by atoms with Gasteiger partial charge in [0.15, 0.2) is 6.10 Å². The third kappa shape index (κ3) is 14.8. The van der Waals surface area contributed by atoms with Gasteiger partial charge in [0, 0.05) is 18.2 Å². The molecule has 0 amide bonds. The summed E-state index contributed by atoms with van der Waals surface area (Å²) in [5.41, 5.74) is 0. The van der Waals surface area contributed by atoms with Crippen LogP contribution in [0.4, 0.5) is 0 Å². The van der Waals surface area contributed by atoms with E-state index in [0.717, 1.165) is 31.0 Å². The van der Waals surface area contributed by atoms with E-state index in [1.54, 1.807) is 0 Å². The Morgan fingerprint density at radius 3 is 2.35 bits per heavy atom. The Labute approximate surface area is 151 Å². The van der Waals surface area contributed by atoms with Gasteiger partial charge in [-0.3, -0.25) is 0 Å². The van der Waals surface area contributed by atoms with Gasteiger partial charge in [-0.25, -0.2) is 4.79 Å². The molecule has 0 saturated carbocycles. The van der Waals surface area contributed by atoms with Gasteiger partial charge in [0.2, 0.25) is 0 Å². The van der Waals surface area contributed by atoms with Crippen LogP contribution in [0.15, 0.2) is 0 Å². The molecule has 0 aromatic heterocycles. The number of esters is 1. The van der Waals surface area contributed by atoms with Crippen molar-refractivity contribution in [3.8, 4) is 11.8 Å². The van der Waals surface area contributed by atoms with E-state index in [0.29, 0.717) is 26.1 Å².